The highest BCUT2D eigenvalue weighted by Gasteiger charge is 2.36. The molecular formula is C26H31NO4. The maximum absolute atomic E-state index is 12.7. The van der Waals surface area contributed by atoms with Crippen molar-refractivity contribution >= 4 is 11.9 Å². The summed E-state index contributed by atoms with van der Waals surface area (Å²) < 4.78 is 10.3. The molecule has 0 aliphatic rings. The summed E-state index contributed by atoms with van der Waals surface area (Å²) in [5.74, 6) is 5.46. The third-order valence-corrected chi connectivity index (χ3v) is 5.33. The molecule has 0 fully saturated rings. The summed E-state index contributed by atoms with van der Waals surface area (Å²) in [6, 6.07) is 14.2. The average molecular weight is 422 g/mol. The number of rotatable bonds is 8. The van der Waals surface area contributed by atoms with Gasteiger partial charge in [-0.15, -0.1) is 0 Å². The molecule has 2 rings (SSSR count). The van der Waals surface area contributed by atoms with Crippen molar-refractivity contribution in [2.75, 3.05) is 13.7 Å². The second-order valence-electron chi connectivity index (χ2n) is 7.93. The van der Waals surface area contributed by atoms with Gasteiger partial charge in [0.15, 0.2) is 0 Å². The van der Waals surface area contributed by atoms with E-state index in [1.807, 2.05) is 52.0 Å². The van der Waals surface area contributed by atoms with Gasteiger partial charge in [0.2, 0.25) is 0 Å². The van der Waals surface area contributed by atoms with Gasteiger partial charge in [0.05, 0.1) is 13.7 Å². The topological polar surface area (TPSA) is 64.6 Å². The predicted octanol–water partition coefficient (Wildman–Crippen LogP) is 4.33. The first-order valence-electron chi connectivity index (χ1n) is 10.5. The summed E-state index contributed by atoms with van der Waals surface area (Å²) in [7, 11) is 1.33. The minimum atomic E-state index is -0.722. The summed E-state index contributed by atoms with van der Waals surface area (Å²) in [5.41, 5.74) is 2.86. The first kappa shape index (κ1) is 24.2. The minimum absolute atomic E-state index is 0.318. The largest absolute Gasteiger partial charge is 0.467 e. The predicted molar refractivity (Wildman–Crippen MR) is 122 cm³/mol. The fourth-order valence-electron chi connectivity index (χ4n) is 2.86. The van der Waals surface area contributed by atoms with Crippen LogP contribution in [0.2, 0.25) is 0 Å². The van der Waals surface area contributed by atoms with E-state index in [1.165, 1.54) is 7.11 Å². The zero-order valence-corrected chi connectivity index (χ0v) is 19.0. The Kier molecular flexibility index (Phi) is 8.84. The van der Waals surface area contributed by atoms with Gasteiger partial charge in [-0.2, -0.15) is 0 Å². The van der Waals surface area contributed by atoms with Crippen LogP contribution in [0.15, 0.2) is 48.5 Å². The molecule has 0 saturated heterocycles. The number of hydrogen-bond donors (Lipinski definition) is 1. The van der Waals surface area contributed by atoms with Crippen LogP contribution in [0.1, 0.15) is 61.2 Å². The highest BCUT2D eigenvalue weighted by Crippen LogP contribution is 2.26. The molecule has 0 spiro atoms. The number of carbonyl (C=O) groups is 2. The van der Waals surface area contributed by atoms with Gasteiger partial charge in [-0.25, -0.2) is 4.79 Å². The van der Waals surface area contributed by atoms with Crippen LogP contribution in [0.4, 0.5) is 0 Å². The lowest BCUT2D eigenvalue weighted by Gasteiger charge is -2.31. The lowest BCUT2D eigenvalue weighted by Crippen LogP contribution is -2.50. The average Bonchev–Trinajstić information content (AvgIpc) is 2.80. The quantitative estimate of drug-likeness (QED) is 0.509. The van der Waals surface area contributed by atoms with Crippen LogP contribution in [0.5, 0.6) is 0 Å². The van der Waals surface area contributed by atoms with E-state index in [-0.39, 0.29) is 5.91 Å². The maximum atomic E-state index is 12.7. The number of hydrogen-bond acceptors (Lipinski definition) is 4. The molecule has 0 aliphatic heterocycles. The summed E-state index contributed by atoms with van der Waals surface area (Å²) in [4.78, 5) is 24.8. The van der Waals surface area contributed by atoms with Gasteiger partial charge >= 0.3 is 5.97 Å². The molecule has 0 aliphatic carbocycles. The molecule has 1 amide bonds. The number of carbonyl (C=O) groups excluding carboxylic acids is 2. The van der Waals surface area contributed by atoms with Crippen LogP contribution in [-0.2, 0) is 20.9 Å². The van der Waals surface area contributed by atoms with E-state index in [0.29, 0.717) is 25.2 Å². The zero-order chi connectivity index (χ0) is 22.9. The van der Waals surface area contributed by atoms with Crippen LogP contribution in [0, 0.1) is 17.3 Å². The molecule has 0 unspecified atom stereocenters. The molecule has 2 aromatic carbocycles. The monoisotopic (exact) mass is 421 g/mol. The molecule has 1 atom stereocenters. The standard InChI is InChI=1S/C26H31NO4/c1-6-26(3,4)23(25(29)30-5)27-24(28)22-16-14-20(15-17-22)9-8-19-10-12-21(13-11-19)18-31-7-2/h10-17,23H,6-7,18H2,1-5H3,(H,27,28)/t23-/m1/s1. The van der Waals surface area contributed by atoms with Crippen molar-refractivity contribution in [3.05, 3.63) is 70.8 Å². The van der Waals surface area contributed by atoms with Crippen molar-refractivity contribution in [1.82, 2.24) is 5.32 Å². The Bertz CT molecular complexity index is 934. The number of benzene rings is 2. The van der Waals surface area contributed by atoms with Gasteiger partial charge in [-0.3, -0.25) is 4.79 Å². The Morgan fingerprint density at radius 2 is 1.52 bits per heavy atom. The van der Waals surface area contributed by atoms with Gasteiger partial charge in [-0.05, 0) is 60.7 Å². The minimum Gasteiger partial charge on any atom is -0.467 e. The number of esters is 1. The van der Waals surface area contributed by atoms with Gasteiger partial charge in [-0.1, -0.05) is 44.7 Å². The van der Waals surface area contributed by atoms with E-state index in [1.54, 1.807) is 24.3 Å². The molecule has 0 heterocycles. The highest BCUT2D eigenvalue weighted by atomic mass is 16.5. The molecule has 1 N–H and O–H groups in total. The summed E-state index contributed by atoms with van der Waals surface area (Å²) in [6.07, 6.45) is 0.716. The molecule has 0 radical (unpaired) electrons. The van der Waals surface area contributed by atoms with Crippen molar-refractivity contribution in [2.24, 2.45) is 5.41 Å². The first-order valence-corrected chi connectivity index (χ1v) is 10.5. The zero-order valence-electron chi connectivity index (χ0n) is 19.0. The second kappa shape index (κ2) is 11.3. The van der Waals surface area contributed by atoms with Crippen molar-refractivity contribution in [2.45, 2.75) is 46.8 Å². The molecule has 2 aromatic rings. The number of ether oxygens (including phenoxy) is 2. The van der Waals surface area contributed by atoms with Crippen molar-refractivity contribution in [3.63, 3.8) is 0 Å². The lowest BCUT2D eigenvalue weighted by atomic mass is 9.81. The lowest BCUT2D eigenvalue weighted by molar-refractivity contribution is -0.146. The molecule has 5 heteroatoms. The van der Waals surface area contributed by atoms with E-state index in [4.69, 9.17) is 9.47 Å². The van der Waals surface area contributed by atoms with E-state index in [0.717, 1.165) is 16.7 Å². The molecule has 0 bridgehead atoms. The first-order chi connectivity index (χ1) is 14.8. The van der Waals surface area contributed by atoms with Crippen LogP contribution in [0.25, 0.3) is 0 Å². The highest BCUT2D eigenvalue weighted by molar-refractivity contribution is 5.97. The van der Waals surface area contributed by atoms with Gasteiger partial charge < -0.3 is 14.8 Å². The second-order valence-corrected chi connectivity index (χ2v) is 7.93. The Hall–Kier alpha value is -3.10. The molecular weight excluding hydrogens is 390 g/mol. The Labute approximate surface area is 185 Å². The molecule has 0 aromatic heterocycles. The number of methoxy groups -OCH3 is 1. The SMILES string of the molecule is CCOCc1ccc(C#Cc2ccc(C(=O)N[C@H](C(=O)OC)C(C)(C)CC)cc2)cc1. The van der Waals surface area contributed by atoms with E-state index >= 15 is 0 Å². The van der Waals surface area contributed by atoms with Crippen LogP contribution >= 0.6 is 0 Å². The summed E-state index contributed by atoms with van der Waals surface area (Å²) in [6.45, 7) is 9.09. The van der Waals surface area contributed by atoms with Gasteiger partial charge in [0.25, 0.3) is 5.91 Å². The Balaban J connectivity index is 2.07. The maximum Gasteiger partial charge on any atom is 0.328 e. The van der Waals surface area contributed by atoms with Gasteiger partial charge in [0.1, 0.15) is 6.04 Å². The van der Waals surface area contributed by atoms with Crippen molar-refractivity contribution < 1.29 is 19.1 Å². The fraction of sp³-hybridized carbons (Fsp3) is 0.385. The third-order valence-electron chi connectivity index (χ3n) is 5.33. The Morgan fingerprint density at radius 1 is 0.968 bits per heavy atom. The molecule has 164 valence electrons. The van der Waals surface area contributed by atoms with E-state index in [2.05, 4.69) is 17.2 Å². The van der Waals surface area contributed by atoms with Crippen LogP contribution < -0.4 is 5.32 Å². The fourth-order valence-corrected chi connectivity index (χ4v) is 2.86. The van der Waals surface area contributed by atoms with Crippen molar-refractivity contribution in [3.8, 4) is 11.8 Å². The third kappa shape index (κ3) is 6.97. The van der Waals surface area contributed by atoms with Crippen molar-refractivity contribution in [1.29, 1.82) is 0 Å². The molecule has 0 saturated carbocycles. The molecule has 5 nitrogen and oxygen atoms in total. The van der Waals surface area contributed by atoms with Crippen LogP contribution in [0.3, 0.4) is 0 Å². The van der Waals surface area contributed by atoms with Gasteiger partial charge in [0, 0.05) is 23.3 Å². The summed E-state index contributed by atoms with van der Waals surface area (Å²) in [5, 5.41) is 2.81. The normalized spacial score (nSPS) is 11.8. The Morgan fingerprint density at radius 3 is 2.00 bits per heavy atom. The smallest absolute Gasteiger partial charge is 0.328 e. The van der Waals surface area contributed by atoms with E-state index < -0.39 is 17.4 Å². The van der Waals surface area contributed by atoms with E-state index in [9.17, 15) is 9.59 Å². The summed E-state index contributed by atoms with van der Waals surface area (Å²) >= 11 is 0. The number of nitrogens with one attached hydrogen (secondary N) is 1. The molecule has 31 heavy (non-hydrogen) atoms. The van der Waals surface area contributed by atoms with Crippen LogP contribution in [-0.4, -0.2) is 31.6 Å². The number of amides is 1.